The standard InChI is InChI=1S/C24H28N2O2/c1-16-8-12-18(13-9-16)22-20-6-5-7-21(20)23(26-25-22,24(22,27-3)28-4)19-14-10-17(2)11-15-19/h8-15,20-21H,5-7H2,1-4H3/t20-,21+,22-,23+. The van der Waals surface area contributed by atoms with E-state index in [0.717, 1.165) is 24.0 Å². The molecule has 28 heavy (non-hydrogen) atoms. The molecule has 2 fully saturated rings. The quantitative estimate of drug-likeness (QED) is 0.682. The third-order valence-electron chi connectivity index (χ3n) is 7.52. The molecular formula is C24H28N2O2. The molecule has 4 atom stereocenters. The number of methoxy groups -OCH3 is 2. The molecule has 2 saturated carbocycles. The summed E-state index contributed by atoms with van der Waals surface area (Å²) in [6.07, 6.45) is 3.45. The molecule has 2 aliphatic carbocycles. The minimum atomic E-state index is -0.944. The van der Waals surface area contributed by atoms with Gasteiger partial charge in [-0.2, -0.15) is 10.2 Å². The molecule has 0 radical (unpaired) electrons. The van der Waals surface area contributed by atoms with Crippen LogP contribution in [0.5, 0.6) is 0 Å². The van der Waals surface area contributed by atoms with Crippen molar-refractivity contribution in [2.24, 2.45) is 22.1 Å². The highest BCUT2D eigenvalue weighted by atomic mass is 16.7. The molecule has 0 aromatic heterocycles. The molecule has 4 nitrogen and oxygen atoms in total. The lowest BCUT2D eigenvalue weighted by Gasteiger charge is -2.44. The Hall–Kier alpha value is -2.04. The second kappa shape index (κ2) is 5.98. The van der Waals surface area contributed by atoms with Gasteiger partial charge in [-0.3, -0.25) is 0 Å². The van der Waals surface area contributed by atoms with Crippen LogP contribution in [-0.2, 0) is 20.6 Å². The highest BCUT2D eigenvalue weighted by molar-refractivity contribution is 5.47. The van der Waals surface area contributed by atoms with E-state index in [4.69, 9.17) is 19.7 Å². The van der Waals surface area contributed by atoms with Gasteiger partial charge in [0, 0.05) is 26.1 Å². The van der Waals surface area contributed by atoms with E-state index in [1.807, 2.05) is 0 Å². The third-order valence-corrected chi connectivity index (χ3v) is 7.52. The largest absolute Gasteiger partial charge is 0.348 e. The van der Waals surface area contributed by atoms with Crippen molar-refractivity contribution < 1.29 is 9.47 Å². The first-order valence-electron chi connectivity index (χ1n) is 10.2. The lowest BCUT2D eigenvalue weighted by Crippen LogP contribution is -2.58. The molecule has 146 valence electrons. The monoisotopic (exact) mass is 376 g/mol. The van der Waals surface area contributed by atoms with Crippen LogP contribution >= 0.6 is 0 Å². The van der Waals surface area contributed by atoms with Crippen molar-refractivity contribution in [2.45, 2.75) is 50.0 Å². The molecule has 2 aromatic rings. The first-order chi connectivity index (χ1) is 13.6. The lowest BCUT2D eigenvalue weighted by atomic mass is 9.74. The van der Waals surface area contributed by atoms with Crippen molar-refractivity contribution in [3.8, 4) is 0 Å². The second-order valence-corrected chi connectivity index (χ2v) is 8.63. The molecule has 0 spiro atoms. The van der Waals surface area contributed by atoms with Crippen LogP contribution in [0, 0.1) is 25.7 Å². The summed E-state index contributed by atoms with van der Waals surface area (Å²) in [4.78, 5) is 0. The summed E-state index contributed by atoms with van der Waals surface area (Å²) in [6, 6.07) is 17.4. The predicted molar refractivity (Wildman–Crippen MR) is 108 cm³/mol. The van der Waals surface area contributed by atoms with Gasteiger partial charge in [0.2, 0.25) is 5.79 Å². The zero-order chi connectivity index (χ0) is 19.6. The molecule has 1 aliphatic heterocycles. The highest BCUT2D eigenvalue weighted by Crippen LogP contribution is 2.75. The minimum absolute atomic E-state index is 0.355. The number of nitrogens with zero attached hydrogens (tertiary/aromatic N) is 2. The number of benzene rings is 2. The van der Waals surface area contributed by atoms with E-state index in [1.165, 1.54) is 17.5 Å². The molecule has 4 heteroatoms. The number of fused-ring (bicyclic) bond motifs is 5. The molecule has 2 bridgehead atoms. The Bertz CT molecular complexity index is 845. The number of hydrogen-bond donors (Lipinski definition) is 0. The van der Waals surface area contributed by atoms with Crippen molar-refractivity contribution in [3.63, 3.8) is 0 Å². The van der Waals surface area contributed by atoms with Crippen LogP contribution in [0.4, 0.5) is 0 Å². The van der Waals surface area contributed by atoms with Crippen LogP contribution in [0.3, 0.4) is 0 Å². The average Bonchev–Trinajstić information content (AvgIpc) is 3.36. The van der Waals surface area contributed by atoms with E-state index >= 15 is 0 Å². The van der Waals surface area contributed by atoms with Crippen molar-refractivity contribution in [1.29, 1.82) is 0 Å². The van der Waals surface area contributed by atoms with E-state index in [0.29, 0.717) is 11.8 Å². The Morgan fingerprint density at radius 1 is 0.714 bits per heavy atom. The second-order valence-electron chi connectivity index (χ2n) is 8.63. The summed E-state index contributed by atoms with van der Waals surface area (Å²) in [6.45, 7) is 4.22. The van der Waals surface area contributed by atoms with E-state index < -0.39 is 16.9 Å². The number of aryl methyl sites for hydroxylation is 2. The Kier molecular flexibility index (Phi) is 3.85. The molecule has 0 N–H and O–H groups in total. The van der Waals surface area contributed by atoms with Crippen LogP contribution in [0.25, 0.3) is 0 Å². The van der Waals surface area contributed by atoms with Gasteiger partial charge >= 0.3 is 0 Å². The van der Waals surface area contributed by atoms with Gasteiger partial charge in [0.1, 0.15) is 0 Å². The zero-order valence-electron chi connectivity index (χ0n) is 17.1. The first kappa shape index (κ1) is 18.0. The highest BCUT2D eigenvalue weighted by Gasteiger charge is 2.84. The van der Waals surface area contributed by atoms with Gasteiger partial charge < -0.3 is 9.47 Å². The van der Waals surface area contributed by atoms with Crippen molar-refractivity contribution >= 4 is 0 Å². The Morgan fingerprint density at radius 2 is 1.11 bits per heavy atom. The van der Waals surface area contributed by atoms with Gasteiger partial charge in [-0.1, -0.05) is 66.1 Å². The van der Waals surface area contributed by atoms with E-state index in [9.17, 15) is 0 Å². The average molecular weight is 377 g/mol. The van der Waals surface area contributed by atoms with Crippen LogP contribution in [0.15, 0.2) is 58.8 Å². The summed E-state index contributed by atoms with van der Waals surface area (Å²) in [5.41, 5.74) is 3.54. The van der Waals surface area contributed by atoms with Gasteiger partial charge in [-0.25, -0.2) is 0 Å². The van der Waals surface area contributed by atoms with E-state index in [1.54, 1.807) is 14.2 Å². The van der Waals surface area contributed by atoms with Crippen molar-refractivity contribution in [2.75, 3.05) is 14.2 Å². The molecule has 3 aliphatic rings. The van der Waals surface area contributed by atoms with Gasteiger partial charge in [-0.15, -0.1) is 0 Å². The maximum atomic E-state index is 6.34. The lowest BCUT2D eigenvalue weighted by molar-refractivity contribution is -0.263. The number of hydrogen-bond acceptors (Lipinski definition) is 4. The number of azo groups is 1. The van der Waals surface area contributed by atoms with Gasteiger partial charge in [0.15, 0.2) is 11.1 Å². The smallest absolute Gasteiger partial charge is 0.232 e. The SMILES string of the molecule is COC1(OC)[C@]2(c3ccc(C)cc3)N=N[C@@]1(c1ccc(C)cc1)[C@H]1CCC[C@H]12. The summed E-state index contributed by atoms with van der Waals surface area (Å²) in [5.74, 6) is -0.233. The normalized spacial score (nSPS) is 34.7. The fourth-order valence-corrected chi connectivity index (χ4v) is 6.42. The third kappa shape index (κ3) is 1.84. The zero-order valence-corrected chi connectivity index (χ0v) is 17.1. The maximum Gasteiger partial charge on any atom is 0.232 e. The number of ether oxygens (including phenoxy) is 2. The molecule has 0 saturated heterocycles. The van der Waals surface area contributed by atoms with Gasteiger partial charge in [0.05, 0.1) is 0 Å². The fourth-order valence-electron chi connectivity index (χ4n) is 6.42. The van der Waals surface area contributed by atoms with E-state index in [-0.39, 0.29) is 0 Å². The molecule has 5 rings (SSSR count). The van der Waals surface area contributed by atoms with Crippen LogP contribution in [0.2, 0.25) is 0 Å². The predicted octanol–water partition coefficient (Wildman–Crippen LogP) is 5.28. The summed E-state index contributed by atoms with van der Waals surface area (Å²) in [7, 11) is 3.51. The molecule has 2 aromatic carbocycles. The molecule has 0 unspecified atom stereocenters. The first-order valence-corrected chi connectivity index (χ1v) is 10.2. The summed E-state index contributed by atoms with van der Waals surface area (Å²) < 4.78 is 12.7. The van der Waals surface area contributed by atoms with Gasteiger partial charge in [-0.05, 0) is 37.8 Å². The Balaban J connectivity index is 1.81. The number of rotatable bonds is 4. The van der Waals surface area contributed by atoms with Crippen LogP contribution in [0.1, 0.15) is 41.5 Å². The summed E-state index contributed by atoms with van der Waals surface area (Å²) in [5, 5.41) is 10.0. The van der Waals surface area contributed by atoms with Crippen LogP contribution in [-0.4, -0.2) is 20.0 Å². The van der Waals surface area contributed by atoms with Gasteiger partial charge in [0.25, 0.3) is 0 Å². The fraction of sp³-hybridized carbons (Fsp3) is 0.500. The minimum Gasteiger partial charge on any atom is -0.348 e. The maximum absolute atomic E-state index is 6.34. The summed E-state index contributed by atoms with van der Waals surface area (Å²) >= 11 is 0. The molecule has 0 amide bonds. The topological polar surface area (TPSA) is 43.2 Å². The molecule has 1 heterocycles. The van der Waals surface area contributed by atoms with E-state index in [2.05, 4.69) is 62.4 Å². The Labute approximate surface area is 167 Å². The molecular weight excluding hydrogens is 348 g/mol. The van der Waals surface area contributed by atoms with Crippen molar-refractivity contribution in [3.05, 3.63) is 70.8 Å². The van der Waals surface area contributed by atoms with Crippen molar-refractivity contribution in [1.82, 2.24) is 0 Å². The van der Waals surface area contributed by atoms with Crippen LogP contribution < -0.4 is 0 Å². The Morgan fingerprint density at radius 3 is 1.46 bits per heavy atom.